The van der Waals surface area contributed by atoms with Crippen molar-refractivity contribution in [2.45, 2.75) is 85.0 Å². The zero-order valence-electron chi connectivity index (χ0n) is 25.8. The molecule has 3 aromatic carbocycles. The van der Waals surface area contributed by atoms with E-state index in [0.717, 1.165) is 0 Å². The minimum absolute atomic E-state index is 0.309. The maximum atomic E-state index is 9.75. The fourth-order valence-electron chi connectivity index (χ4n) is 5.16. The highest BCUT2D eigenvalue weighted by molar-refractivity contribution is 6.50. The first-order chi connectivity index (χ1) is 19.7. The third-order valence-corrected chi connectivity index (χ3v) is 7.34. The summed E-state index contributed by atoms with van der Waals surface area (Å²) in [4.78, 5) is 0. The van der Waals surface area contributed by atoms with Gasteiger partial charge in [0.25, 0.3) is 0 Å². The van der Waals surface area contributed by atoms with Crippen LogP contribution in [0.3, 0.4) is 0 Å². The molecule has 0 N–H and O–H groups in total. The van der Waals surface area contributed by atoms with Gasteiger partial charge in [-0.25, -0.2) is 0 Å². The summed E-state index contributed by atoms with van der Waals surface area (Å²) < 4.78 is 40.4. The number of hydrogen-bond acceptors (Lipinski definition) is 0. The minimum Gasteiger partial charge on any atom is -0.418 e. The number of benzene rings is 3. The number of nitrogens with zero attached hydrogens (tertiary/aromatic N) is 1. The Balaban J connectivity index is 0.000000355. The van der Waals surface area contributed by atoms with Gasteiger partial charge < -0.3 is 21.7 Å². The molecule has 0 saturated heterocycles. The van der Waals surface area contributed by atoms with Crippen molar-refractivity contribution in [3.8, 4) is 0 Å². The van der Waals surface area contributed by atoms with E-state index in [2.05, 4.69) is 119 Å². The number of unbranched alkanes of at least 4 members (excludes halogenated alkanes) is 4. The van der Waals surface area contributed by atoms with Gasteiger partial charge in [-0.15, -0.1) is 0 Å². The number of halogens is 4. The standard InChI is InChI=1S/C19H16.C16H36N.BF4/c1-4-10-16(11-5-1)19(17-12-6-2-7-13-17)18-14-8-3-9-15-18;1-5-9-13-17(14-10-6-2,15-11-7-3)16-12-8-4;2-1(3,4)5/h1-15,19H;5-16H2,1-4H3;/q;+1;-1. The van der Waals surface area contributed by atoms with Gasteiger partial charge in [-0.2, -0.15) is 0 Å². The Hall–Kier alpha value is -2.60. The average Bonchev–Trinajstić information content (AvgIpc) is 2.98. The van der Waals surface area contributed by atoms with E-state index in [4.69, 9.17) is 0 Å². The van der Waals surface area contributed by atoms with E-state index in [1.165, 1.54) is 98.7 Å². The van der Waals surface area contributed by atoms with Crippen LogP contribution in [0, 0.1) is 0 Å². The molecule has 6 heteroatoms. The lowest BCUT2D eigenvalue weighted by atomic mass is 9.85. The van der Waals surface area contributed by atoms with Crippen LogP contribution in [0.25, 0.3) is 0 Å². The molecule has 0 unspecified atom stereocenters. The first-order valence-corrected chi connectivity index (χ1v) is 15.6. The van der Waals surface area contributed by atoms with Crippen LogP contribution in [-0.2, 0) is 0 Å². The van der Waals surface area contributed by atoms with Crippen molar-refractivity contribution in [2.24, 2.45) is 0 Å². The maximum Gasteiger partial charge on any atom is 0.673 e. The molecule has 0 aliphatic carbocycles. The van der Waals surface area contributed by atoms with E-state index in [-0.39, 0.29) is 0 Å². The molecule has 0 saturated carbocycles. The smallest absolute Gasteiger partial charge is 0.418 e. The van der Waals surface area contributed by atoms with Gasteiger partial charge in [-0.05, 0) is 42.4 Å². The van der Waals surface area contributed by atoms with Crippen molar-refractivity contribution >= 4 is 7.25 Å². The highest BCUT2D eigenvalue weighted by atomic mass is 19.5. The molecule has 0 aromatic heterocycles. The van der Waals surface area contributed by atoms with Crippen molar-refractivity contribution < 1.29 is 21.7 Å². The van der Waals surface area contributed by atoms with Crippen LogP contribution >= 0.6 is 0 Å². The largest absolute Gasteiger partial charge is 0.673 e. The molecule has 41 heavy (non-hydrogen) atoms. The molecule has 0 amide bonds. The van der Waals surface area contributed by atoms with Gasteiger partial charge in [0.05, 0.1) is 26.2 Å². The molecule has 0 heterocycles. The van der Waals surface area contributed by atoms with Gasteiger partial charge in [0.1, 0.15) is 0 Å². The number of quaternary nitrogens is 1. The van der Waals surface area contributed by atoms with Crippen LogP contribution in [0.1, 0.15) is 102 Å². The Morgan fingerprint density at radius 3 is 0.878 bits per heavy atom. The van der Waals surface area contributed by atoms with E-state index in [1.807, 2.05) is 0 Å². The van der Waals surface area contributed by atoms with Crippen LogP contribution in [0.15, 0.2) is 91.0 Å². The van der Waals surface area contributed by atoms with Crippen LogP contribution in [0.2, 0.25) is 0 Å². The summed E-state index contributed by atoms with van der Waals surface area (Å²) >= 11 is 0. The van der Waals surface area contributed by atoms with Gasteiger partial charge in [-0.1, -0.05) is 144 Å². The van der Waals surface area contributed by atoms with Crippen molar-refractivity contribution in [1.82, 2.24) is 0 Å². The second-order valence-corrected chi connectivity index (χ2v) is 10.8. The monoisotopic (exact) mass is 573 g/mol. The summed E-state index contributed by atoms with van der Waals surface area (Å²) in [5.41, 5.74) is 4.00. The molecular weight excluding hydrogens is 521 g/mol. The molecule has 0 spiro atoms. The average molecular weight is 574 g/mol. The predicted molar refractivity (Wildman–Crippen MR) is 170 cm³/mol. The Morgan fingerprint density at radius 2 is 0.683 bits per heavy atom. The zero-order valence-corrected chi connectivity index (χ0v) is 25.8. The predicted octanol–water partition coefficient (Wildman–Crippen LogP) is 11.2. The fourth-order valence-corrected chi connectivity index (χ4v) is 5.16. The first-order valence-electron chi connectivity index (χ1n) is 15.6. The van der Waals surface area contributed by atoms with Crippen LogP contribution in [0.5, 0.6) is 0 Å². The Labute approximate surface area is 247 Å². The summed E-state index contributed by atoms with van der Waals surface area (Å²) in [5, 5.41) is 0. The lowest BCUT2D eigenvalue weighted by molar-refractivity contribution is -0.929. The summed E-state index contributed by atoms with van der Waals surface area (Å²) in [5.74, 6) is 0.309. The summed E-state index contributed by atoms with van der Waals surface area (Å²) in [6, 6.07) is 32.0. The van der Waals surface area contributed by atoms with Gasteiger partial charge in [-0.3, -0.25) is 0 Å². The van der Waals surface area contributed by atoms with E-state index in [1.54, 1.807) is 0 Å². The van der Waals surface area contributed by atoms with E-state index in [9.17, 15) is 17.3 Å². The highest BCUT2D eigenvalue weighted by Crippen LogP contribution is 2.31. The lowest BCUT2D eigenvalue weighted by Gasteiger charge is -2.39. The van der Waals surface area contributed by atoms with Gasteiger partial charge >= 0.3 is 7.25 Å². The zero-order chi connectivity index (χ0) is 30.4. The molecule has 3 rings (SSSR count). The Bertz CT molecular complexity index is 860. The van der Waals surface area contributed by atoms with Gasteiger partial charge in [0.15, 0.2) is 0 Å². The van der Waals surface area contributed by atoms with Gasteiger partial charge in [0.2, 0.25) is 0 Å². The van der Waals surface area contributed by atoms with E-state index >= 15 is 0 Å². The third-order valence-electron chi connectivity index (χ3n) is 7.34. The molecule has 0 aliphatic heterocycles. The summed E-state index contributed by atoms with van der Waals surface area (Å²) in [6.45, 7) is 15.0. The maximum absolute atomic E-state index is 9.75. The highest BCUT2D eigenvalue weighted by Gasteiger charge is 2.24. The molecule has 0 radical (unpaired) electrons. The molecule has 0 atom stereocenters. The third kappa shape index (κ3) is 16.4. The Kier molecular flexibility index (Phi) is 18.8. The second-order valence-electron chi connectivity index (χ2n) is 10.8. The van der Waals surface area contributed by atoms with Crippen molar-refractivity contribution in [3.63, 3.8) is 0 Å². The van der Waals surface area contributed by atoms with Crippen LogP contribution in [-0.4, -0.2) is 37.9 Å². The van der Waals surface area contributed by atoms with Gasteiger partial charge in [0, 0.05) is 5.92 Å². The lowest BCUT2D eigenvalue weighted by Crippen LogP contribution is -2.50. The molecule has 0 fully saturated rings. The van der Waals surface area contributed by atoms with Crippen molar-refractivity contribution in [3.05, 3.63) is 108 Å². The quantitative estimate of drug-likeness (QED) is 0.0734. The topological polar surface area (TPSA) is 0 Å². The van der Waals surface area contributed by atoms with Crippen LogP contribution in [0.4, 0.5) is 17.3 Å². The number of rotatable bonds is 15. The molecule has 0 aliphatic rings. The van der Waals surface area contributed by atoms with E-state index < -0.39 is 7.25 Å². The molecule has 0 bridgehead atoms. The van der Waals surface area contributed by atoms with Crippen molar-refractivity contribution in [2.75, 3.05) is 26.2 Å². The molecule has 1 nitrogen and oxygen atoms in total. The SMILES string of the molecule is CCCC[N+](CCCC)(CCCC)CCCC.F[B-](F)(F)F.c1ccc(C(c2ccccc2)c2ccccc2)cc1. The summed E-state index contributed by atoms with van der Waals surface area (Å²) in [7, 11) is -6.00. The summed E-state index contributed by atoms with van der Waals surface area (Å²) in [6.07, 6.45) is 11.1. The van der Waals surface area contributed by atoms with Crippen LogP contribution < -0.4 is 0 Å². The molecule has 3 aromatic rings. The number of hydrogen-bond donors (Lipinski definition) is 0. The van der Waals surface area contributed by atoms with E-state index in [0.29, 0.717) is 5.92 Å². The fraction of sp³-hybridized carbons (Fsp3) is 0.486. The minimum atomic E-state index is -6.00. The normalized spacial score (nSPS) is 11.3. The Morgan fingerprint density at radius 1 is 0.463 bits per heavy atom. The molecular formula is C35H52BF4N. The first kappa shape index (κ1) is 36.4. The molecule has 228 valence electrons. The second kappa shape index (κ2) is 21.2. The van der Waals surface area contributed by atoms with Crippen molar-refractivity contribution in [1.29, 1.82) is 0 Å².